The summed E-state index contributed by atoms with van der Waals surface area (Å²) in [7, 11) is 0. The molecule has 2 heterocycles. The number of H-pyrrole nitrogens is 1. The zero-order valence-corrected chi connectivity index (χ0v) is 10.3. The highest BCUT2D eigenvalue weighted by Crippen LogP contribution is 2.19. The molecule has 0 radical (unpaired) electrons. The smallest absolute Gasteiger partial charge is 0.208 e. The van der Waals surface area contributed by atoms with Crippen LogP contribution < -0.4 is 0 Å². The van der Waals surface area contributed by atoms with Gasteiger partial charge in [0.15, 0.2) is 0 Å². The van der Waals surface area contributed by atoms with Crippen molar-refractivity contribution in [1.29, 1.82) is 0 Å². The second kappa shape index (κ2) is 5.32. The van der Waals surface area contributed by atoms with Gasteiger partial charge in [-0.05, 0) is 11.6 Å². The van der Waals surface area contributed by atoms with Crippen LogP contribution in [0.4, 0.5) is 0 Å². The highest BCUT2D eigenvalue weighted by Gasteiger charge is 2.03. The number of hydrogen-bond acceptors (Lipinski definition) is 4. The van der Waals surface area contributed by atoms with Gasteiger partial charge in [0.2, 0.25) is 5.16 Å². The molecule has 0 fully saturated rings. The van der Waals surface area contributed by atoms with Crippen molar-refractivity contribution in [1.82, 2.24) is 20.2 Å². The lowest BCUT2D eigenvalue weighted by Crippen LogP contribution is -1.84. The molecule has 1 N–H and O–H groups in total. The molecule has 16 heavy (non-hydrogen) atoms. The first-order valence-electron chi connectivity index (χ1n) is 4.92. The van der Waals surface area contributed by atoms with Crippen LogP contribution in [0.3, 0.4) is 0 Å². The van der Waals surface area contributed by atoms with E-state index in [1.165, 1.54) is 0 Å². The Bertz CT molecular complexity index is 454. The first kappa shape index (κ1) is 11.4. The number of nitrogens with zero attached hydrogens (tertiary/aromatic N) is 3. The van der Waals surface area contributed by atoms with Crippen molar-refractivity contribution in [3.8, 4) is 0 Å². The molecule has 6 heteroatoms. The molecule has 0 spiro atoms. The van der Waals surface area contributed by atoms with E-state index in [-0.39, 0.29) is 0 Å². The highest BCUT2D eigenvalue weighted by molar-refractivity contribution is 7.98. The summed E-state index contributed by atoms with van der Waals surface area (Å²) >= 11 is 7.28. The molecule has 0 atom stereocenters. The number of halogens is 1. The Hall–Kier alpha value is -1.07. The Labute approximate surface area is 103 Å². The lowest BCUT2D eigenvalue weighted by atomic mass is 10.3. The molecule has 0 amide bonds. The molecular formula is C10H11ClN4S. The van der Waals surface area contributed by atoms with E-state index in [1.807, 2.05) is 13.0 Å². The van der Waals surface area contributed by atoms with Crippen molar-refractivity contribution in [2.75, 3.05) is 0 Å². The van der Waals surface area contributed by atoms with Crippen LogP contribution in [0.15, 0.2) is 23.5 Å². The number of nitrogens with one attached hydrogen (secondary N) is 1. The molecule has 0 aliphatic carbocycles. The number of pyridine rings is 1. The molecule has 84 valence electrons. The molecule has 4 nitrogen and oxygen atoms in total. The summed E-state index contributed by atoms with van der Waals surface area (Å²) in [5.41, 5.74) is 1.11. The molecule has 2 aromatic rings. The molecule has 2 rings (SSSR count). The van der Waals surface area contributed by atoms with Crippen LogP contribution in [-0.2, 0) is 12.2 Å². The quantitative estimate of drug-likeness (QED) is 0.673. The SMILES string of the molecule is CCc1nc(SCc2ccc(Cl)nc2)n[nH]1. The van der Waals surface area contributed by atoms with E-state index in [2.05, 4.69) is 20.2 Å². The van der Waals surface area contributed by atoms with Crippen molar-refractivity contribution in [2.45, 2.75) is 24.3 Å². The third kappa shape index (κ3) is 2.96. The maximum Gasteiger partial charge on any atom is 0.208 e. The van der Waals surface area contributed by atoms with Gasteiger partial charge in [-0.2, -0.15) is 0 Å². The van der Waals surface area contributed by atoms with Crippen LogP contribution in [0.25, 0.3) is 0 Å². The van der Waals surface area contributed by atoms with E-state index in [0.29, 0.717) is 5.15 Å². The summed E-state index contributed by atoms with van der Waals surface area (Å²) in [6.45, 7) is 2.04. The number of aromatic amines is 1. The Morgan fingerprint density at radius 3 is 2.94 bits per heavy atom. The van der Waals surface area contributed by atoms with E-state index in [1.54, 1.807) is 24.0 Å². The van der Waals surface area contributed by atoms with Gasteiger partial charge < -0.3 is 0 Å². The van der Waals surface area contributed by atoms with Crippen LogP contribution in [0.5, 0.6) is 0 Å². The lowest BCUT2D eigenvalue weighted by molar-refractivity contribution is 0.941. The monoisotopic (exact) mass is 254 g/mol. The zero-order chi connectivity index (χ0) is 11.4. The minimum absolute atomic E-state index is 0.514. The second-order valence-corrected chi connectivity index (χ2v) is 4.53. The van der Waals surface area contributed by atoms with E-state index in [9.17, 15) is 0 Å². The lowest BCUT2D eigenvalue weighted by Gasteiger charge is -1.97. The standard InChI is InChI=1S/C10H11ClN4S/c1-2-9-13-10(15-14-9)16-6-7-3-4-8(11)12-5-7/h3-5H,2,6H2,1H3,(H,13,14,15). The molecule has 0 saturated carbocycles. The number of aromatic nitrogens is 4. The Kier molecular flexibility index (Phi) is 3.79. The van der Waals surface area contributed by atoms with Gasteiger partial charge in [0.1, 0.15) is 11.0 Å². The first-order valence-corrected chi connectivity index (χ1v) is 6.29. The number of thioether (sulfide) groups is 1. The Morgan fingerprint density at radius 2 is 2.31 bits per heavy atom. The second-order valence-electron chi connectivity index (χ2n) is 3.20. The average Bonchev–Trinajstić information content (AvgIpc) is 2.76. The highest BCUT2D eigenvalue weighted by atomic mass is 35.5. The fourth-order valence-electron chi connectivity index (χ4n) is 1.14. The number of hydrogen-bond donors (Lipinski definition) is 1. The minimum atomic E-state index is 0.514. The van der Waals surface area contributed by atoms with Gasteiger partial charge in [0.25, 0.3) is 0 Å². The molecule has 0 aliphatic rings. The molecule has 0 saturated heterocycles. The summed E-state index contributed by atoms with van der Waals surface area (Å²) in [4.78, 5) is 8.33. The topological polar surface area (TPSA) is 54.5 Å². The normalized spacial score (nSPS) is 10.6. The third-order valence-corrected chi connectivity index (χ3v) is 3.14. The van der Waals surface area contributed by atoms with Crippen LogP contribution in [-0.4, -0.2) is 20.2 Å². The maximum atomic E-state index is 5.70. The van der Waals surface area contributed by atoms with E-state index < -0.39 is 0 Å². The first-order chi connectivity index (χ1) is 7.78. The summed E-state index contributed by atoms with van der Waals surface area (Å²) in [6, 6.07) is 3.74. The van der Waals surface area contributed by atoms with Crippen molar-refractivity contribution in [3.05, 3.63) is 34.9 Å². The van der Waals surface area contributed by atoms with Crippen molar-refractivity contribution >= 4 is 23.4 Å². The van der Waals surface area contributed by atoms with E-state index >= 15 is 0 Å². The third-order valence-electron chi connectivity index (χ3n) is 2.00. The van der Waals surface area contributed by atoms with E-state index in [0.717, 1.165) is 28.7 Å². The number of rotatable bonds is 4. The fraction of sp³-hybridized carbons (Fsp3) is 0.300. The predicted molar refractivity (Wildman–Crippen MR) is 64.6 cm³/mol. The van der Waals surface area contributed by atoms with Gasteiger partial charge in [-0.25, -0.2) is 9.97 Å². The summed E-state index contributed by atoms with van der Waals surface area (Å²) in [5.74, 6) is 1.71. The largest absolute Gasteiger partial charge is 0.262 e. The Balaban J connectivity index is 1.94. The van der Waals surface area contributed by atoms with E-state index in [4.69, 9.17) is 11.6 Å². The van der Waals surface area contributed by atoms with Gasteiger partial charge >= 0.3 is 0 Å². The van der Waals surface area contributed by atoms with Crippen molar-refractivity contribution < 1.29 is 0 Å². The van der Waals surface area contributed by atoms with Gasteiger partial charge in [0.05, 0.1) is 0 Å². The molecule has 0 aliphatic heterocycles. The molecule has 0 bridgehead atoms. The van der Waals surface area contributed by atoms with Gasteiger partial charge in [-0.3, -0.25) is 5.10 Å². The fourth-order valence-corrected chi connectivity index (χ4v) is 2.00. The van der Waals surface area contributed by atoms with Crippen molar-refractivity contribution in [3.63, 3.8) is 0 Å². The summed E-state index contributed by atoms with van der Waals surface area (Å²) < 4.78 is 0. The van der Waals surface area contributed by atoms with Gasteiger partial charge in [-0.1, -0.05) is 36.4 Å². The zero-order valence-electron chi connectivity index (χ0n) is 8.77. The molecular weight excluding hydrogens is 244 g/mol. The molecule has 0 aromatic carbocycles. The van der Waals surface area contributed by atoms with Gasteiger partial charge in [0, 0.05) is 18.4 Å². The van der Waals surface area contributed by atoms with Crippen LogP contribution in [0.1, 0.15) is 18.3 Å². The molecule has 0 unspecified atom stereocenters. The summed E-state index contributed by atoms with van der Waals surface area (Å²) in [6.07, 6.45) is 2.64. The summed E-state index contributed by atoms with van der Waals surface area (Å²) in [5, 5.41) is 8.27. The van der Waals surface area contributed by atoms with Crippen LogP contribution in [0, 0.1) is 0 Å². The Morgan fingerprint density at radius 1 is 1.44 bits per heavy atom. The van der Waals surface area contributed by atoms with Crippen LogP contribution in [0.2, 0.25) is 5.15 Å². The molecule has 2 aromatic heterocycles. The van der Waals surface area contributed by atoms with Gasteiger partial charge in [-0.15, -0.1) is 5.10 Å². The maximum absolute atomic E-state index is 5.70. The van der Waals surface area contributed by atoms with Crippen molar-refractivity contribution in [2.24, 2.45) is 0 Å². The minimum Gasteiger partial charge on any atom is -0.262 e. The average molecular weight is 255 g/mol. The number of aryl methyl sites for hydroxylation is 1. The van der Waals surface area contributed by atoms with Crippen LogP contribution >= 0.6 is 23.4 Å². The predicted octanol–water partition coefficient (Wildman–Crippen LogP) is 2.71.